The van der Waals surface area contributed by atoms with Crippen molar-refractivity contribution in [1.82, 2.24) is 5.32 Å². The highest BCUT2D eigenvalue weighted by molar-refractivity contribution is 5.98. The molecule has 0 spiro atoms. The van der Waals surface area contributed by atoms with Crippen molar-refractivity contribution in [3.63, 3.8) is 0 Å². The lowest BCUT2D eigenvalue weighted by atomic mass is 9.76. The summed E-state index contributed by atoms with van der Waals surface area (Å²) in [5.41, 5.74) is 0. The largest absolute Gasteiger partial charge is 0.296 e. The minimum atomic E-state index is -0.0953. The number of carbonyl (C=O) groups is 2. The average Bonchev–Trinajstić information content (AvgIpc) is 2.19. The summed E-state index contributed by atoms with van der Waals surface area (Å²) in [4.78, 5) is 22.5. The molecule has 0 radical (unpaired) electrons. The molecule has 14 heavy (non-hydrogen) atoms. The molecule has 0 aromatic heterocycles. The van der Waals surface area contributed by atoms with E-state index in [4.69, 9.17) is 0 Å². The van der Waals surface area contributed by atoms with E-state index in [-0.39, 0.29) is 17.7 Å². The summed E-state index contributed by atoms with van der Waals surface area (Å²) < 4.78 is 0. The van der Waals surface area contributed by atoms with Crippen LogP contribution in [0.1, 0.15) is 44.9 Å². The third-order valence-corrected chi connectivity index (χ3v) is 3.50. The standard InChI is InChI=1S/C11H17NO2/c13-10-7-6-9(11(14)12-10)8-4-2-1-3-5-8/h8-9H,1-7H2,(H,12,13,14). The van der Waals surface area contributed by atoms with Gasteiger partial charge in [0.1, 0.15) is 0 Å². The second-order valence-corrected chi connectivity index (χ2v) is 4.46. The number of amides is 2. The molecular formula is C11H17NO2. The second-order valence-electron chi connectivity index (χ2n) is 4.46. The highest BCUT2D eigenvalue weighted by Crippen LogP contribution is 2.33. The van der Waals surface area contributed by atoms with E-state index in [0.29, 0.717) is 12.3 Å². The highest BCUT2D eigenvalue weighted by Gasteiger charge is 2.33. The molecule has 2 aliphatic rings. The molecule has 78 valence electrons. The van der Waals surface area contributed by atoms with Crippen LogP contribution >= 0.6 is 0 Å². The van der Waals surface area contributed by atoms with E-state index >= 15 is 0 Å². The minimum Gasteiger partial charge on any atom is -0.296 e. The Kier molecular flexibility index (Phi) is 2.85. The number of hydrogen-bond acceptors (Lipinski definition) is 2. The van der Waals surface area contributed by atoms with Gasteiger partial charge in [0.25, 0.3) is 0 Å². The van der Waals surface area contributed by atoms with E-state index < -0.39 is 0 Å². The molecule has 1 N–H and O–H groups in total. The number of imide groups is 1. The van der Waals surface area contributed by atoms with Gasteiger partial charge < -0.3 is 0 Å². The summed E-state index contributed by atoms with van der Waals surface area (Å²) in [5.74, 6) is 0.542. The van der Waals surface area contributed by atoms with E-state index in [1.807, 2.05) is 0 Å². The molecular weight excluding hydrogens is 178 g/mol. The van der Waals surface area contributed by atoms with E-state index in [1.54, 1.807) is 0 Å². The summed E-state index contributed by atoms with van der Waals surface area (Å²) >= 11 is 0. The molecule has 2 amide bonds. The van der Waals surface area contributed by atoms with Gasteiger partial charge in [0.2, 0.25) is 11.8 Å². The first kappa shape index (κ1) is 9.69. The molecule has 1 unspecified atom stereocenters. The molecule has 2 rings (SSSR count). The molecule has 1 heterocycles. The fourth-order valence-electron chi connectivity index (χ4n) is 2.70. The van der Waals surface area contributed by atoms with Crippen LogP contribution in [0, 0.1) is 11.8 Å². The summed E-state index contributed by atoms with van der Waals surface area (Å²) in [6.45, 7) is 0. The van der Waals surface area contributed by atoms with Gasteiger partial charge in [-0.25, -0.2) is 0 Å². The van der Waals surface area contributed by atoms with Gasteiger partial charge in [-0.3, -0.25) is 14.9 Å². The first-order valence-electron chi connectivity index (χ1n) is 5.61. The summed E-state index contributed by atoms with van der Waals surface area (Å²) in [6.07, 6.45) is 7.47. The Balaban J connectivity index is 1.95. The van der Waals surface area contributed by atoms with Crippen LogP contribution < -0.4 is 5.32 Å². The predicted octanol–water partition coefficient (Wildman–Crippen LogP) is 1.62. The SMILES string of the molecule is O=C1CCC(C2CCCCC2)C(=O)N1. The van der Waals surface area contributed by atoms with Crippen LogP contribution in [0.3, 0.4) is 0 Å². The number of piperidine rings is 1. The van der Waals surface area contributed by atoms with Crippen LogP contribution in [-0.4, -0.2) is 11.8 Å². The van der Waals surface area contributed by atoms with Crippen molar-refractivity contribution in [2.75, 3.05) is 0 Å². The van der Waals surface area contributed by atoms with Crippen molar-refractivity contribution >= 4 is 11.8 Å². The highest BCUT2D eigenvalue weighted by atomic mass is 16.2. The fraction of sp³-hybridized carbons (Fsp3) is 0.818. The summed E-state index contributed by atoms with van der Waals surface area (Å²) in [6, 6.07) is 0. The second kappa shape index (κ2) is 4.11. The first-order valence-corrected chi connectivity index (χ1v) is 5.61. The molecule has 1 aliphatic carbocycles. The summed E-state index contributed by atoms with van der Waals surface area (Å²) in [5, 5.41) is 2.45. The number of nitrogens with one attached hydrogen (secondary N) is 1. The third-order valence-electron chi connectivity index (χ3n) is 3.50. The molecule has 3 heteroatoms. The maximum atomic E-state index is 11.6. The van der Waals surface area contributed by atoms with Crippen LogP contribution in [0.2, 0.25) is 0 Å². The van der Waals surface area contributed by atoms with E-state index in [1.165, 1.54) is 32.1 Å². The Morgan fingerprint density at radius 1 is 1.00 bits per heavy atom. The van der Waals surface area contributed by atoms with Crippen molar-refractivity contribution in [2.45, 2.75) is 44.9 Å². The monoisotopic (exact) mass is 195 g/mol. The molecule has 2 fully saturated rings. The van der Waals surface area contributed by atoms with E-state index in [9.17, 15) is 9.59 Å². The average molecular weight is 195 g/mol. The van der Waals surface area contributed by atoms with Crippen molar-refractivity contribution < 1.29 is 9.59 Å². The van der Waals surface area contributed by atoms with Gasteiger partial charge in [-0.05, 0) is 25.2 Å². The molecule has 1 atom stereocenters. The maximum absolute atomic E-state index is 11.6. The Morgan fingerprint density at radius 2 is 1.71 bits per heavy atom. The molecule has 0 aromatic carbocycles. The number of rotatable bonds is 1. The number of hydrogen-bond donors (Lipinski definition) is 1. The zero-order chi connectivity index (χ0) is 9.97. The predicted molar refractivity (Wildman–Crippen MR) is 52.4 cm³/mol. The van der Waals surface area contributed by atoms with Gasteiger partial charge in [0.05, 0.1) is 0 Å². The van der Waals surface area contributed by atoms with Crippen LogP contribution in [0.4, 0.5) is 0 Å². The molecule has 3 nitrogen and oxygen atoms in total. The van der Waals surface area contributed by atoms with Gasteiger partial charge in [-0.2, -0.15) is 0 Å². The molecule has 1 saturated carbocycles. The van der Waals surface area contributed by atoms with Gasteiger partial charge in [-0.15, -0.1) is 0 Å². The Bertz CT molecular complexity index is 244. The molecule has 1 saturated heterocycles. The maximum Gasteiger partial charge on any atom is 0.229 e. The number of carbonyl (C=O) groups excluding carboxylic acids is 2. The lowest BCUT2D eigenvalue weighted by Crippen LogP contribution is -2.43. The molecule has 0 bridgehead atoms. The van der Waals surface area contributed by atoms with Crippen LogP contribution in [0.15, 0.2) is 0 Å². The van der Waals surface area contributed by atoms with Crippen molar-refractivity contribution in [3.8, 4) is 0 Å². The van der Waals surface area contributed by atoms with Gasteiger partial charge in [0.15, 0.2) is 0 Å². The van der Waals surface area contributed by atoms with Crippen LogP contribution in [0.25, 0.3) is 0 Å². The zero-order valence-corrected chi connectivity index (χ0v) is 8.42. The van der Waals surface area contributed by atoms with Crippen LogP contribution in [-0.2, 0) is 9.59 Å². The van der Waals surface area contributed by atoms with E-state index in [2.05, 4.69) is 5.32 Å². The first-order chi connectivity index (χ1) is 6.77. The van der Waals surface area contributed by atoms with Crippen LogP contribution in [0.5, 0.6) is 0 Å². The summed E-state index contributed by atoms with van der Waals surface area (Å²) in [7, 11) is 0. The lowest BCUT2D eigenvalue weighted by molar-refractivity contribution is -0.138. The Hall–Kier alpha value is -0.860. The fourth-order valence-corrected chi connectivity index (χ4v) is 2.70. The van der Waals surface area contributed by atoms with Crippen molar-refractivity contribution in [1.29, 1.82) is 0 Å². The topological polar surface area (TPSA) is 46.2 Å². The normalized spacial score (nSPS) is 30.1. The minimum absolute atomic E-state index is 0.0202. The van der Waals surface area contributed by atoms with Gasteiger partial charge in [-0.1, -0.05) is 19.3 Å². The lowest BCUT2D eigenvalue weighted by Gasteiger charge is -2.31. The molecule has 0 aromatic rings. The zero-order valence-electron chi connectivity index (χ0n) is 8.42. The van der Waals surface area contributed by atoms with Gasteiger partial charge in [0, 0.05) is 12.3 Å². The third kappa shape index (κ3) is 1.97. The smallest absolute Gasteiger partial charge is 0.229 e. The van der Waals surface area contributed by atoms with Crippen molar-refractivity contribution in [3.05, 3.63) is 0 Å². The Labute approximate surface area is 84.2 Å². The molecule has 1 aliphatic heterocycles. The van der Waals surface area contributed by atoms with E-state index in [0.717, 1.165) is 6.42 Å². The Morgan fingerprint density at radius 3 is 2.36 bits per heavy atom. The van der Waals surface area contributed by atoms with Gasteiger partial charge >= 0.3 is 0 Å². The van der Waals surface area contributed by atoms with Crippen molar-refractivity contribution in [2.24, 2.45) is 11.8 Å². The quantitative estimate of drug-likeness (QED) is 0.646.